The Morgan fingerprint density at radius 3 is 2.88 bits per heavy atom. The first-order valence-corrected chi connectivity index (χ1v) is 6.93. The van der Waals surface area contributed by atoms with Crippen LogP contribution >= 0.6 is 0 Å². The summed E-state index contributed by atoms with van der Waals surface area (Å²) in [6.07, 6.45) is 9.95. The number of rotatable bonds is 5. The van der Waals surface area contributed by atoms with Gasteiger partial charge in [-0.1, -0.05) is 12.2 Å². The van der Waals surface area contributed by atoms with Crippen molar-refractivity contribution in [1.29, 1.82) is 0 Å². The van der Waals surface area contributed by atoms with Crippen molar-refractivity contribution in [2.24, 2.45) is 5.92 Å². The van der Waals surface area contributed by atoms with E-state index in [2.05, 4.69) is 29.3 Å². The molecule has 1 N–H and O–H groups in total. The lowest BCUT2D eigenvalue weighted by molar-refractivity contribution is -0.121. The second-order valence-corrected chi connectivity index (χ2v) is 5.37. The van der Waals surface area contributed by atoms with Crippen LogP contribution < -0.4 is 5.32 Å². The summed E-state index contributed by atoms with van der Waals surface area (Å²) in [5, 5.41) is 3.07. The Kier molecular flexibility index (Phi) is 4.60. The van der Waals surface area contributed by atoms with Gasteiger partial charge >= 0.3 is 0 Å². The Hall–Kier alpha value is -0.830. The molecule has 1 aliphatic heterocycles. The van der Waals surface area contributed by atoms with Gasteiger partial charge in [0.2, 0.25) is 5.91 Å². The second-order valence-electron chi connectivity index (χ2n) is 5.37. The molecule has 0 spiro atoms. The molecule has 0 aromatic heterocycles. The molecule has 0 aromatic rings. The van der Waals surface area contributed by atoms with Gasteiger partial charge in [0.25, 0.3) is 0 Å². The maximum atomic E-state index is 11.8. The minimum atomic E-state index is 0.215. The summed E-state index contributed by atoms with van der Waals surface area (Å²) in [6.45, 7) is 5.40. The molecule has 2 aliphatic rings. The molecule has 2 rings (SSSR count). The van der Waals surface area contributed by atoms with Crippen molar-refractivity contribution >= 4 is 5.91 Å². The Bertz CT molecular complexity index is 282. The lowest BCUT2D eigenvalue weighted by atomic mass is 10.1. The van der Waals surface area contributed by atoms with Gasteiger partial charge in [0, 0.05) is 19.0 Å². The summed E-state index contributed by atoms with van der Waals surface area (Å²) in [5.74, 6) is 0.699. The summed E-state index contributed by atoms with van der Waals surface area (Å²) in [7, 11) is 0. The molecule has 1 heterocycles. The maximum Gasteiger partial charge on any atom is 0.220 e. The highest BCUT2D eigenvalue weighted by Gasteiger charge is 2.19. The SMILES string of the molecule is CC(CNC(=O)CC1C=CCC1)N1CCCC1. The summed E-state index contributed by atoms with van der Waals surface area (Å²) in [5.41, 5.74) is 0. The Balaban J connectivity index is 1.63. The van der Waals surface area contributed by atoms with E-state index in [1.807, 2.05) is 0 Å². The van der Waals surface area contributed by atoms with E-state index in [0.29, 0.717) is 18.4 Å². The van der Waals surface area contributed by atoms with Crippen LogP contribution in [0, 0.1) is 5.92 Å². The lowest BCUT2D eigenvalue weighted by Gasteiger charge is -2.24. The quantitative estimate of drug-likeness (QED) is 0.740. The normalized spacial score (nSPS) is 26.3. The molecule has 0 radical (unpaired) electrons. The Morgan fingerprint density at radius 2 is 2.24 bits per heavy atom. The van der Waals surface area contributed by atoms with Crippen molar-refractivity contribution in [3.05, 3.63) is 12.2 Å². The fourth-order valence-corrected chi connectivity index (χ4v) is 2.75. The molecule has 1 amide bonds. The number of hydrogen-bond acceptors (Lipinski definition) is 2. The molecule has 2 atom stereocenters. The number of hydrogen-bond donors (Lipinski definition) is 1. The van der Waals surface area contributed by atoms with Crippen LogP contribution in [0.5, 0.6) is 0 Å². The number of nitrogens with zero attached hydrogens (tertiary/aromatic N) is 1. The smallest absolute Gasteiger partial charge is 0.220 e. The molecule has 0 aromatic carbocycles. The third-order valence-electron chi connectivity index (χ3n) is 3.92. The highest BCUT2D eigenvalue weighted by molar-refractivity contribution is 5.76. The zero-order chi connectivity index (χ0) is 12.1. The van der Waals surface area contributed by atoms with Crippen molar-refractivity contribution in [3.8, 4) is 0 Å². The first-order valence-electron chi connectivity index (χ1n) is 6.93. The van der Waals surface area contributed by atoms with Crippen LogP contribution in [0.1, 0.15) is 39.0 Å². The van der Waals surface area contributed by atoms with Crippen LogP contribution in [-0.4, -0.2) is 36.5 Å². The number of allylic oxidation sites excluding steroid dienone is 2. The topological polar surface area (TPSA) is 32.3 Å². The van der Waals surface area contributed by atoms with Crippen molar-refractivity contribution in [1.82, 2.24) is 10.2 Å². The molecule has 3 heteroatoms. The largest absolute Gasteiger partial charge is 0.355 e. The van der Waals surface area contributed by atoms with E-state index in [1.54, 1.807) is 0 Å². The van der Waals surface area contributed by atoms with Gasteiger partial charge in [0.05, 0.1) is 0 Å². The molecule has 3 nitrogen and oxygen atoms in total. The molecule has 1 aliphatic carbocycles. The average Bonchev–Trinajstić information content (AvgIpc) is 2.97. The van der Waals surface area contributed by atoms with Crippen LogP contribution in [-0.2, 0) is 4.79 Å². The van der Waals surface area contributed by atoms with Crippen LogP contribution in [0.4, 0.5) is 0 Å². The molecular weight excluding hydrogens is 212 g/mol. The van der Waals surface area contributed by atoms with Gasteiger partial charge in [-0.25, -0.2) is 0 Å². The maximum absolute atomic E-state index is 11.8. The van der Waals surface area contributed by atoms with Crippen molar-refractivity contribution in [2.45, 2.75) is 45.1 Å². The highest BCUT2D eigenvalue weighted by Crippen LogP contribution is 2.20. The van der Waals surface area contributed by atoms with E-state index in [-0.39, 0.29) is 5.91 Å². The number of amides is 1. The van der Waals surface area contributed by atoms with E-state index in [4.69, 9.17) is 0 Å². The number of carbonyl (C=O) groups excluding carboxylic acids is 1. The number of likely N-dealkylation sites (tertiary alicyclic amines) is 1. The van der Waals surface area contributed by atoms with E-state index < -0.39 is 0 Å². The van der Waals surface area contributed by atoms with Crippen LogP contribution in [0.15, 0.2) is 12.2 Å². The summed E-state index contributed by atoms with van der Waals surface area (Å²) >= 11 is 0. The molecule has 0 bridgehead atoms. The first-order chi connectivity index (χ1) is 8.25. The molecule has 1 fully saturated rings. The van der Waals surface area contributed by atoms with E-state index in [9.17, 15) is 4.79 Å². The third-order valence-corrected chi connectivity index (χ3v) is 3.92. The molecule has 17 heavy (non-hydrogen) atoms. The molecular formula is C14H24N2O. The molecule has 2 unspecified atom stereocenters. The summed E-state index contributed by atoms with van der Waals surface area (Å²) in [4.78, 5) is 14.2. The molecule has 1 saturated heterocycles. The first kappa shape index (κ1) is 12.6. The van der Waals surface area contributed by atoms with Crippen LogP contribution in [0.3, 0.4) is 0 Å². The van der Waals surface area contributed by atoms with Crippen LogP contribution in [0.25, 0.3) is 0 Å². The average molecular weight is 236 g/mol. The van der Waals surface area contributed by atoms with E-state index >= 15 is 0 Å². The fourth-order valence-electron chi connectivity index (χ4n) is 2.75. The van der Waals surface area contributed by atoms with Gasteiger partial charge in [0.1, 0.15) is 0 Å². The minimum Gasteiger partial charge on any atom is -0.355 e. The van der Waals surface area contributed by atoms with E-state index in [1.165, 1.54) is 25.9 Å². The third kappa shape index (κ3) is 3.84. The van der Waals surface area contributed by atoms with Crippen molar-refractivity contribution < 1.29 is 4.79 Å². The monoisotopic (exact) mass is 236 g/mol. The second kappa shape index (κ2) is 6.20. The number of carbonyl (C=O) groups is 1. The predicted molar refractivity (Wildman–Crippen MR) is 69.8 cm³/mol. The predicted octanol–water partition coefficient (Wildman–Crippen LogP) is 1.94. The molecule has 0 saturated carbocycles. The standard InChI is InChI=1S/C14H24N2O/c1-12(16-8-4-5-9-16)11-15-14(17)10-13-6-2-3-7-13/h2,6,12-13H,3-5,7-11H2,1H3,(H,15,17). The van der Waals surface area contributed by atoms with Gasteiger partial charge in [0.15, 0.2) is 0 Å². The van der Waals surface area contributed by atoms with Gasteiger partial charge in [-0.15, -0.1) is 0 Å². The lowest BCUT2D eigenvalue weighted by Crippen LogP contribution is -2.40. The number of nitrogens with one attached hydrogen (secondary N) is 1. The minimum absolute atomic E-state index is 0.215. The highest BCUT2D eigenvalue weighted by atomic mass is 16.1. The zero-order valence-corrected chi connectivity index (χ0v) is 10.8. The Morgan fingerprint density at radius 1 is 1.47 bits per heavy atom. The van der Waals surface area contributed by atoms with Gasteiger partial charge in [-0.2, -0.15) is 0 Å². The van der Waals surface area contributed by atoms with Gasteiger partial charge in [-0.05, 0) is 51.6 Å². The molecule has 96 valence electrons. The Labute approximate surface area is 104 Å². The summed E-state index contributed by atoms with van der Waals surface area (Å²) < 4.78 is 0. The van der Waals surface area contributed by atoms with Gasteiger partial charge in [-0.3, -0.25) is 9.69 Å². The summed E-state index contributed by atoms with van der Waals surface area (Å²) in [6, 6.07) is 0.487. The fraction of sp³-hybridized carbons (Fsp3) is 0.786. The zero-order valence-electron chi connectivity index (χ0n) is 10.8. The van der Waals surface area contributed by atoms with Gasteiger partial charge < -0.3 is 5.32 Å². The van der Waals surface area contributed by atoms with Crippen molar-refractivity contribution in [2.75, 3.05) is 19.6 Å². The van der Waals surface area contributed by atoms with Crippen LogP contribution in [0.2, 0.25) is 0 Å². The van der Waals surface area contributed by atoms with Crippen molar-refractivity contribution in [3.63, 3.8) is 0 Å². The van der Waals surface area contributed by atoms with E-state index in [0.717, 1.165) is 19.4 Å².